The molecule has 1 aromatic carbocycles. The largest absolute Gasteiger partial charge is 0.344 e. The first-order chi connectivity index (χ1) is 20.3. The van der Waals surface area contributed by atoms with E-state index in [2.05, 4.69) is 16.7 Å². The molecule has 2 aliphatic heterocycles. The van der Waals surface area contributed by atoms with Gasteiger partial charge >= 0.3 is 0 Å². The van der Waals surface area contributed by atoms with Gasteiger partial charge in [0.2, 0.25) is 25.1 Å². The molecule has 2 bridgehead atoms. The molecule has 2 heterocycles. The highest BCUT2D eigenvalue weighted by Gasteiger charge is 2.65. The van der Waals surface area contributed by atoms with Crippen LogP contribution in [0.15, 0.2) is 42.5 Å². The summed E-state index contributed by atoms with van der Waals surface area (Å²) in [7, 11) is -3.84. The number of carbonyl (C=O) groups is 3. The number of hydrogen-bond acceptors (Lipinski definition) is 4. The quantitative estimate of drug-likeness (QED) is 0.312. The Morgan fingerprint density at radius 3 is 2.64 bits per heavy atom. The zero-order valence-corrected chi connectivity index (χ0v) is 25.5. The summed E-state index contributed by atoms with van der Waals surface area (Å²) in [4.78, 5) is 54.0. The summed E-state index contributed by atoms with van der Waals surface area (Å²) in [5, 5.41) is 4.89. The van der Waals surface area contributed by atoms with E-state index in [-0.39, 0.29) is 29.8 Å². The molecule has 0 spiro atoms. The maximum absolute atomic E-state index is 13.9. The fourth-order valence-electron chi connectivity index (χ4n) is 8.33. The Kier molecular flexibility index (Phi) is 8.66. The summed E-state index contributed by atoms with van der Waals surface area (Å²) in [6.07, 6.45) is 15.1. The van der Waals surface area contributed by atoms with E-state index in [1.807, 2.05) is 36.4 Å². The molecule has 9 heteroatoms. The van der Waals surface area contributed by atoms with Crippen molar-refractivity contribution in [2.45, 2.75) is 107 Å². The number of benzene rings is 1. The predicted molar refractivity (Wildman–Crippen MR) is 161 cm³/mol. The van der Waals surface area contributed by atoms with Gasteiger partial charge in [0.05, 0.1) is 6.16 Å². The molecule has 4 unspecified atom stereocenters. The molecule has 3 saturated carbocycles. The number of carbonyl (C=O) groups excluding carboxylic acids is 3. The van der Waals surface area contributed by atoms with Crippen LogP contribution in [-0.4, -0.2) is 51.4 Å². The second kappa shape index (κ2) is 12.3. The summed E-state index contributed by atoms with van der Waals surface area (Å²) in [5.41, 5.74) is 0.763. The zero-order chi connectivity index (χ0) is 29.3. The van der Waals surface area contributed by atoms with E-state index in [9.17, 15) is 23.8 Å². The minimum atomic E-state index is -3.84. The molecular formula is C33H46N3O5P. The summed E-state index contributed by atoms with van der Waals surface area (Å²) in [6, 6.07) is 7.90. The molecule has 3 amide bonds. The first-order valence-electron chi connectivity index (χ1n) is 16.2. The average Bonchev–Trinajstić information content (AvgIpc) is 3.35. The maximum Gasteiger partial charge on any atom is 0.245 e. The van der Waals surface area contributed by atoms with Crippen molar-refractivity contribution in [3.8, 4) is 0 Å². The van der Waals surface area contributed by atoms with Crippen molar-refractivity contribution in [2.24, 2.45) is 23.7 Å². The van der Waals surface area contributed by atoms with Crippen LogP contribution in [0.1, 0.15) is 89.0 Å². The average molecular weight is 596 g/mol. The van der Waals surface area contributed by atoms with Crippen LogP contribution >= 0.6 is 7.37 Å². The molecule has 0 aromatic heterocycles. The Bertz CT molecular complexity index is 1250. The highest BCUT2D eigenvalue weighted by molar-refractivity contribution is 7.59. The van der Waals surface area contributed by atoms with E-state index < -0.39 is 24.7 Å². The van der Waals surface area contributed by atoms with Crippen LogP contribution in [0.5, 0.6) is 0 Å². The van der Waals surface area contributed by atoms with Gasteiger partial charge in [-0.3, -0.25) is 18.9 Å². The smallest absolute Gasteiger partial charge is 0.245 e. The molecule has 1 aromatic rings. The van der Waals surface area contributed by atoms with Crippen molar-refractivity contribution < 1.29 is 23.8 Å². The minimum Gasteiger partial charge on any atom is -0.344 e. The number of fused-ring (bicyclic) bond motifs is 4. The second-order valence-corrected chi connectivity index (χ2v) is 16.1. The van der Waals surface area contributed by atoms with Crippen LogP contribution in [0.4, 0.5) is 0 Å². The summed E-state index contributed by atoms with van der Waals surface area (Å²) in [5.74, 6) is 1.02. The third kappa shape index (κ3) is 6.12. The SMILES string of the molecule is O=C(CC1CC2CCC1C2)N[C@H]1CCCCC/C=C\[C@@H]2C[C@@]2(P(=O)(O)Cc2ccccc2)NC(=O)[C@@H]2CCCN2C1=O. The molecule has 3 N–H and O–H groups in total. The molecule has 1 saturated heterocycles. The molecule has 42 heavy (non-hydrogen) atoms. The Labute approximate surface area is 249 Å². The number of allylic oxidation sites excluding steroid dienone is 1. The Hall–Kier alpha value is -2.44. The van der Waals surface area contributed by atoms with E-state index >= 15 is 0 Å². The van der Waals surface area contributed by atoms with Crippen molar-refractivity contribution in [3.63, 3.8) is 0 Å². The second-order valence-electron chi connectivity index (χ2n) is 13.6. The van der Waals surface area contributed by atoms with E-state index in [1.54, 1.807) is 4.90 Å². The van der Waals surface area contributed by atoms with Gasteiger partial charge in [0.1, 0.15) is 17.4 Å². The van der Waals surface area contributed by atoms with Gasteiger partial charge in [0.25, 0.3) is 0 Å². The Morgan fingerprint density at radius 1 is 1.05 bits per heavy atom. The highest BCUT2D eigenvalue weighted by atomic mass is 31.2. The van der Waals surface area contributed by atoms with Crippen molar-refractivity contribution in [2.75, 3.05) is 6.54 Å². The normalized spacial score (nSPS) is 37.0. The van der Waals surface area contributed by atoms with E-state index in [0.29, 0.717) is 50.5 Å². The number of amides is 3. The van der Waals surface area contributed by atoms with Crippen molar-refractivity contribution in [3.05, 3.63) is 48.0 Å². The molecular weight excluding hydrogens is 549 g/mol. The topological polar surface area (TPSA) is 116 Å². The molecule has 228 valence electrons. The lowest BCUT2D eigenvalue weighted by molar-refractivity contribution is -0.141. The molecule has 5 aliphatic rings. The van der Waals surface area contributed by atoms with Crippen molar-refractivity contribution in [1.82, 2.24) is 15.5 Å². The lowest BCUT2D eigenvalue weighted by Crippen LogP contribution is -2.55. The van der Waals surface area contributed by atoms with Gasteiger partial charge in [-0.25, -0.2) is 0 Å². The van der Waals surface area contributed by atoms with Crippen LogP contribution in [0.25, 0.3) is 0 Å². The fraction of sp³-hybridized carbons (Fsp3) is 0.667. The number of nitrogens with zero attached hydrogens (tertiary/aromatic N) is 1. The predicted octanol–water partition coefficient (Wildman–Crippen LogP) is 5.11. The van der Waals surface area contributed by atoms with Crippen LogP contribution in [0.3, 0.4) is 0 Å². The molecule has 4 fully saturated rings. The van der Waals surface area contributed by atoms with Crippen molar-refractivity contribution in [1.29, 1.82) is 0 Å². The van der Waals surface area contributed by atoms with E-state index in [0.717, 1.165) is 43.6 Å². The van der Waals surface area contributed by atoms with Crippen molar-refractivity contribution >= 4 is 25.1 Å². The molecule has 8 nitrogen and oxygen atoms in total. The monoisotopic (exact) mass is 595 g/mol. The third-order valence-corrected chi connectivity index (χ3v) is 13.4. The summed E-state index contributed by atoms with van der Waals surface area (Å²) in [6.45, 7) is 0.451. The van der Waals surface area contributed by atoms with Gasteiger partial charge in [-0.1, -0.05) is 61.7 Å². The van der Waals surface area contributed by atoms with E-state index in [4.69, 9.17) is 0 Å². The van der Waals surface area contributed by atoms with Gasteiger partial charge < -0.3 is 20.4 Å². The highest BCUT2D eigenvalue weighted by Crippen LogP contribution is 2.71. The molecule has 3 aliphatic carbocycles. The first-order valence-corrected chi connectivity index (χ1v) is 18.0. The standard InChI is InChI=1S/C33H46N3O5P/c37-30(20-26-19-24-15-16-25(26)18-24)34-28-13-8-3-1-2-7-12-27-21-33(27,42(40,41)22-23-10-5-4-6-11-23)35-31(38)29-14-9-17-36(29)32(28)39/h4-7,10-12,24-29H,1-3,8-9,13-22H2,(H,34,37)(H,35,38)(H,40,41)/b12-7-/t24?,25?,26?,27-,28+,29+,33+/m1/s1. The lowest BCUT2D eigenvalue weighted by Gasteiger charge is -2.32. The fourth-order valence-corrected chi connectivity index (χ4v) is 10.7. The number of nitrogens with one attached hydrogen (secondary N) is 2. The first kappa shape index (κ1) is 29.6. The summed E-state index contributed by atoms with van der Waals surface area (Å²) < 4.78 is 13.9. The third-order valence-electron chi connectivity index (χ3n) is 10.7. The van der Waals surface area contributed by atoms with Crippen LogP contribution < -0.4 is 10.6 Å². The molecule has 6 rings (SSSR count). The summed E-state index contributed by atoms with van der Waals surface area (Å²) >= 11 is 0. The Balaban J connectivity index is 1.19. The molecule has 0 radical (unpaired) electrons. The van der Waals surface area contributed by atoms with Gasteiger partial charge in [-0.2, -0.15) is 0 Å². The van der Waals surface area contributed by atoms with Crippen LogP contribution in [0.2, 0.25) is 0 Å². The number of rotatable bonds is 6. The Morgan fingerprint density at radius 2 is 1.88 bits per heavy atom. The minimum absolute atomic E-state index is 0.0114. The van der Waals surface area contributed by atoms with Crippen LogP contribution in [-0.2, 0) is 25.1 Å². The lowest BCUT2D eigenvalue weighted by atomic mass is 9.86. The molecule has 8 atom stereocenters. The van der Waals surface area contributed by atoms with Gasteiger partial charge in [-0.05, 0) is 81.1 Å². The maximum atomic E-state index is 13.9. The van der Waals surface area contributed by atoms with Gasteiger partial charge in [0.15, 0.2) is 0 Å². The van der Waals surface area contributed by atoms with Crippen LogP contribution in [0, 0.1) is 23.7 Å². The van der Waals surface area contributed by atoms with Gasteiger partial charge in [0, 0.05) is 18.9 Å². The number of hydrogen-bond donors (Lipinski definition) is 3. The zero-order valence-electron chi connectivity index (χ0n) is 24.6. The van der Waals surface area contributed by atoms with E-state index in [1.165, 1.54) is 19.3 Å². The van der Waals surface area contributed by atoms with Gasteiger partial charge in [-0.15, -0.1) is 0 Å².